The van der Waals surface area contributed by atoms with Crippen LogP contribution in [0, 0.1) is 12.8 Å². The Bertz CT molecular complexity index is 854. The van der Waals surface area contributed by atoms with Gasteiger partial charge in [0.2, 0.25) is 0 Å². The van der Waals surface area contributed by atoms with Crippen LogP contribution in [-0.2, 0) is 0 Å². The van der Waals surface area contributed by atoms with Crippen LogP contribution in [0.15, 0.2) is 48.6 Å². The summed E-state index contributed by atoms with van der Waals surface area (Å²) in [5, 5.41) is 13.1. The van der Waals surface area contributed by atoms with Gasteiger partial charge in [-0.05, 0) is 54.2 Å². The van der Waals surface area contributed by atoms with Crippen molar-refractivity contribution in [3.63, 3.8) is 0 Å². The lowest BCUT2D eigenvalue weighted by atomic mass is 9.76. The van der Waals surface area contributed by atoms with E-state index < -0.39 is 5.97 Å². The average Bonchev–Trinajstić information content (AvgIpc) is 3.11. The van der Waals surface area contributed by atoms with Gasteiger partial charge >= 0.3 is 5.97 Å². The Kier molecular flexibility index (Phi) is 3.75. The SMILES string of the molecule is COc1ccc([C@@H]2Nc3c(ccc(C(=O)O)c3C)[C@@H]3C=CC[C@@H]32)cc1. The fourth-order valence-corrected chi connectivity index (χ4v) is 4.19. The van der Waals surface area contributed by atoms with Gasteiger partial charge in [0.05, 0.1) is 18.7 Å². The first-order valence-corrected chi connectivity index (χ1v) is 8.54. The highest BCUT2D eigenvalue weighted by molar-refractivity contribution is 5.92. The molecule has 4 nitrogen and oxygen atoms in total. The first kappa shape index (κ1) is 15.8. The van der Waals surface area contributed by atoms with Gasteiger partial charge in [0, 0.05) is 11.6 Å². The molecule has 128 valence electrons. The van der Waals surface area contributed by atoms with Crippen LogP contribution < -0.4 is 10.1 Å². The Balaban J connectivity index is 1.79. The lowest BCUT2D eigenvalue weighted by Crippen LogP contribution is -2.30. The van der Waals surface area contributed by atoms with Crippen molar-refractivity contribution in [2.45, 2.75) is 25.3 Å². The number of anilines is 1. The number of nitrogens with one attached hydrogen (secondary N) is 1. The molecule has 25 heavy (non-hydrogen) atoms. The predicted molar refractivity (Wildman–Crippen MR) is 97.5 cm³/mol. The minimum Gasteiger partial charge on any atom is -0.497 e. The van der Waals surface area contributed by atoms with Gasteiger partial charge in [-0.15, -0.1) is 0 Å². The zero-order valence-electron chi connectivity index (χ0n) is 14.3. The molecule has 1 heterocycles. The highest BCUT2D eigenvalue weighted by Crippen LogP contribution is 2.51. The van der Waals surface area contributed by atoms with Crippen LogP contribution in [0.25, 0.3) is 0 Å². The van der Waals surface area contributed by atoms with Crippen LogP contribution in [0.4, 0.5) is 5.69 Å². The van der Waals surface area contributed by atoms with E-state index in [1.54, 1.807) is 13.2 Å². The molecule has 2 aromatic carbocycles. The van der Waals surface area contributed by atoms with E-state index in [0.717, 1.165) is 23.4 Å². The molecule has 2 aromatic rings. The molecule has 0 amide bonds. The third-order valence-electron chi connectivity index (χ3n) is 5.50. The minimum atomic E-state index is -0.882. The van der Waals surface area contributed by atoms with Crippen molar-refractivity contribution < 1.29 is 14.6 Å². The zero-order chi connectivity index (χ0) is 17.6. The maximum Gasteiger partial charge on any atom is 0.336 e. The standard InChI is InChI=1S/C21H21NO3/c1-12-15(21(23)24)10-11-18-16-4-3-5-17(16)20(22-19(12)18)13-6-8-14(25-2)9-7-13/h3-4,6-11,16-17,20,22H,5H2,1-2H3,(H,23,24)/t16-,17+,20+/m1/s1. The first-order chi connectivity index (χ1) is 12.1. The third-order valence-corrected chi connectivity index (χ3v) is 5.50. The Labute approximate surface area is 147 Å². The number of rotatable bonds is 3. The number of aromatic carboxylic acids is 1. The Morgan fingerprint density at radius 1 is 1.20 bits per heavy atom. The second-order valence-electron chi connectivity index (χ2n) is 6.76. The molecule has 4 heteroatoms. The molecule has 0 unspecified atom stereocenters. The molecule has 2 aliphatic rings. The molecular weight excluding hydrogens is 314 g/mol. The maximum atomic E-state index is 11.5. The van der Waals surface area contributed by atoms with E-state index in [1.165, 1.54) is 11.1 Å². The number of ether oxygens (including phenoxy) is 1. The van der Waals surface area contributed by atoms with Crippen molar-refractivity contribution in [3.8, 4) is 5.75 Å². The van der Waals surface area contributed by atoms with Gasteiger partial charge in [-0.1, -0.05) is 30.4 Å². The highest BCUT2D eigenvalue weighted by Gasteiger charge is 2.38. The molecule has 2 N–H and O–H groups in total. The number of carboxylic acid groups (broad SMARTS) is 1. The number of hydrogen-bond donors (Lipinski definition) is 2. The largest absolute Gasteiger partial charge is 0.497 e. The average molecular weight is 335 g/mol. The van der Waals surface area contributed by atoms with Gasteiger partial charge in [-0.2, -0.15) is 0 Å². The molecular formula is C21H21NO3. The van der Waals surface area contributed by atoms with Gasteiger partial charge in [0.15, 0.2) is 0 Å². The van der Waals surface area contributed by atoms with Gasteiger partial charge in [-0.25, -0.2) is 4.79 Å². The number of carboxylic acids is 1. The summed E-state index contributed by atoms with van der Waals surface area (Å²) in [6.45, 7) is 1.89. The van der Waals surface area contributed by atoms with Crippen molar-refractivity contribution in [2.75, 3.05) is 12.4 Å². The van der Waals surface area contributed by atoms with Crippen molar-refractivity contribution in [1.82, 2.24) is 0 Å². The summed E-state index contributed by atoms with van der Waals surface area (Å²) in [7, 11) is 1.66. The van der Waals surface area contributed by atoms with E-state index in [-0.39, 0.29) is 6.04 Å². The molecule has 0 aromatic heterocycles. The lowest BCUT2D eigenvalue weighted by molar-refractivity contribution is 0.0696. The topological polar surface area (TPSA) is 58.6 Å². The Hall–Kier alpha value is -2.75. The number of allylic oxidation sites excluding steroid dienone is 2. The van der Waals surface area contributed by atoms with Crippen LogP contribution in [0.1, 0.15) is 45.4 Å². The third kappa shape index (κ3) is 2.49. The lowest BCUT2D eigenvalue weighted by Gasteiger charge is -2.38. The predicted octanol–water partition coefficient (Wildman–Crippen LogP) is 4.53. The molecule has 0 spiro atoms. The van der Waals surface area contributed by atoms with E-state index in [0.29, 0.717) is 17.4 Å². The number of hydrogen-bond acceptors (Lipinski definition) is 3. The van der Waals surface area contributed by atoms with Crippen LogP contribution in [0.2, 0.25) is 0 Å². The monoisotopic (exact) mass is 335 g/mol. The number of benzene rings is 2. The van der Waals surface area contributed by atoms with Crippen molar-refractivity contribution >= 4 is 11.7 Å². The van der Waals surface area contributed by atoms with Crippen LogP contribution in [0.5, 0.6) is 5.75 Å². The Morgan fingerprint density at radius 2 is 1.96 bits per heavy atom. The number of carbonyl (C=O) groups is 1. The van der Waals surface area contributed by atoms with Crippen molar-refractivity contribution in [2.24, 2.45) is 5.92 Å². The summed E-state index contributed by atoms with van der Waals surface area (Å²) in [4.78, 5) is 11.5. The molecule has 0 saturated carbocycles. The normalized spacial score (nSPS) is 23.5. The molecule has 1 aliphatic carbocycles. The minimum absolute atomic E-state index is 0.154. The van der Waals surface area contributed by atoms with Gasteiger partial charge in [-0.3, -0.25) is 0 Å². The summed E-state index contributed by atoms with van der Waals surface area (Å²) < 4.78 is 5.26. The van der Waals surface area contributed by atoms with Crippen molar-refractivity contribution in [1.29, 1.82) is 0 Å². The van der Waals surface area contributed by atoms with E-state index in [1.807, 2.05) is 25.1 Å². The quantitative estimate of drug-likeness (QED) is 0.809. The summed E-state index contributed by atoms with van der Waals surface area (Å²) in [6.07, 6.45) is 5.53. The van der Waals surface area contributed by atoms with Gasteiger partial charge in [0.25, 0.3) is 0 Å². The van der Waals surface area contributed by atoms with E-state index >= 15 is 0 Å². The zero-order valence-corrected chi connectivity index (χ0v) is 14.3. The molecule has 4 rings (SSSR count). The van der Waals surface area contributed by atoms with Crippen LogP contribution in [-0.4, -0.2) is 18.2 Å². The fraction of sp³-hybridized carbons (Fsp3) is 0.286. The Morgan fingerprint density at radius 3 is 2.64 bits per heavy atom. The summed E-state index contributed by atoms with van der Waals surface area (Å²) in [5.74, 6) is 0.721. The number of methoxy groups -OCH3 is 1. The van der Waals surface area contributed by atoms with Crippen molar-refractivity contribution in [3.05, 3.63) is 70.8 Å². The smallest absolute Gasteiger partial charge is 0.336 e. The van der Waals surface area contributed by atoms with Crippen LogP contribution in [0.3, 0.4) is 0 Å². The maximum absolute atomic E-state index is 11.5. The van der Waals surface area contributed by atoms with Gasteiger partial charge < -0.3 is 15.2 Å². The second-order valence-corrected chi connectivity index (χ2v) is 6.76. The molecule has 0 bridgehead atoms. The number of fused-ring (bicyclic) bond motifs is 3. The summed E-state index contributed by atoms with van der Waals surface area (Å²) in [6, 6.07) is 12.0. The molecule has 0 saturated heterocycles. The van der Waals surface area contributed by atoms with E-state index in [4.69, 9.17) is 4.74 Å². The van der Waals surface area contributed by atoms with E-state index in [9.17, 15) is 9.90 Å². The molecule has 1 aliphatic heterocycles. The second kappa shape index (κ2) is 5.96. The highest BCUT2D eigenvalue weighted by atomic mass is 16.5. The summed E-state index contributed by atoms with van der Waals surface area (Å²) in [5.41, 5.74) is 4.53. The van der Waals surface area contributed by atoms with Crippen LogP contribution >= 0.6 is 0 Å². The molecule has 0 radical (unpaired) electrons. The first-order valence-electron chi connectivity index (χ1n) is 8.54. The molecule has 3 atom stereocenters. The molecule has 0 fully saturated rings. The fourth-order valence-electron chi connectivity index (χ4n) is 4.19. The van der Waals surface area contributed by atoms with E-state index in [2.05, 4.69) is 29.6 Å². The summed E-state index contributed by atoms with van der Waals surface area (Å²) >= 11 is 0. The van der Waals surface area contributed by atoms with Gasteiger partial charge in [0.1, 0.15) is 5.75 Å².